The quantitative estimate of drug-likeness (QED) is 0.728. The van der Waals surface area contributed by atoms with Crippen molar-refractivity contribution in [3.8, 4) is 0 Å². The molecule has 0 radical (unpaired) electrons. The molecule has 4 heteroatoms. The number of fused-ring (bicyclic) bond motifs is 2. The first-order chi connectivity index (χ1) is 8.68. The second-order valence-corrected chi connectivity index (χ2v) is 4.74. The van der Waals surface area contributed by atoms with E-state index in [1.165, 1.54) is 0 Å². The number of benzene rings is 1. The predicted molar refractivity (Wildman–Crippen MR) is 71.2 cm³/mol. The van der Waals surface area contributed by atoms with E-state index in [0.29, 0.717) is 22.8 Å². The van der Waals surface area contributed by atoms with E-state index >= 15 is 0 Å². The monoisotopic (exact) mass is 258 g/mol. The molecule has 0 N–H and O–H groups in total. The summed E-state index contributed by atoms with van der Waals surface area (Å²) < 4.78 is 0. The number of carbonyl (C=O) groups is 1. The van der Waals surface area contributed by atoms with Crippen LogP contribution >= 0.6 is 11.6 Å². The predicted octanol–water partition coefficient (Wildman–Crippen LogP) is 2.92. The third kappa shape index (κ3) is 1.59. The lowest BCUT2D eigenvalue weighted by atomic mass is 10.0. The smallest absolute Gasteiger partial charge is 0.215 e. The molecule has 0 saturated heterocycles. The van der Waals surface area contributed by atoms with Gasteiger partial charge in [-0.25, -0.2) is 0 Å². The number of nitrogens with zero attached hydrogens (tertiary/aromatic N) is 2. The highest BCUT2D eigenvalue weighted by Crippen LogP contribution is 2.33. The lowest BCUT2D eigenvalue weighted by molar-refractivity contribution is 0.103. The van der Waals surface area contributed by atoms with Crippen LogP contribution in [0.2, 0.25) is 5.02 Å². The molecule has 90 valence electrons. The maximum atomic E-state index is 12.5. The summed E-state index contributed by atoms with van der Waals surface area (Å²) >= 11 is 6.17. The molecule has 3 nitrogen and oxygen atoms in total. The molecular formula is C14H11ClN2O. The molecule has 0 spiro atoms. The minimum Gasteiger partial charge on any atom is -0.370 e. The van der Waals surface area contributed by atoms with Gasteiger partial charge in [0.25, 0.3) is 0 Å². The molecule has 1 aromatic heterocycles. The van der Waals surface area contributed by atoms with Crippen LogP contribution in [0.4, 0.5) is 5.69 Å². The van der Waals surface area contributed by atoms with Crippen molar-refractivity contribution < 1.29 is 4.79 Å². The molecule has 0 aliphatic carbocycles. The van der Waals surface area contributed by atoms with Crippen LogP contribution in [0, 0.1) is 0 Å². The highest BCUT2D eigenvalue weighted by atomic mass is 35.5. The molecule has 0 saturated carbocycles. The topological polar surface area (TPSA) is 33.2 Å². The summed E-state index contributed by atoms with van der Waals surface area (Å²) in [6, 6.07) is 9.27. The fourth-order valence-corrected chi connectivity index (χ4v) is 2.54. The summed E-state index contributed by atoms with van der Waals surface area (Å²) in [5, 5.41) is 0.475. The summed E-state index contributed by atoms with van der Waals surface area (Å²) in [4.78, 5) is 18.7. The Morgan fingerprint density at radius 1 is 1.28 bits per heavy atom. The number of aromatic nitrogens is 1. The molecule has 18 heavy (non-hydrogen) atoms. The Balaban J connectivity index is 2.30. The van der Waals surface area contributed by atoms with Gasteiger partial charge in [0.2, 0.25) is 5.78 Å². The van der Waals surface area contributed by atoms with E-state index in [4.69, 9.17) is 11.6 Å². The maximum absolute atomic E-state index is 12.5. The van der Waals surface area contributed by atoms with E-state index in [2.05, 4.69) is 4.98 Å². The van der Waals surface area contributed by atoms with Gasteiger partial charge in [-0.2, -0.15) is 0 Å². The molecule has 3 rings (SSSR count). The van der Waals surface area contributed by atoms with E-state index in [1.807, 2.05) is 36.2 Å². The van der Waals surface area contributed by atoms with Gasteiger partial charge in [-0.05, 0) is 18.2 Å². The Labute approximate surface area is 110 Å². The van der Waals surface area contributed by atoms with Crippen molar-refractivity contribution in [1.29, 1.82) is 0 Å². The number of rotatable bonds is 0. The molecule has 0 bridgehead atoms. The summed E-state index contributed by atoms with van der Waals surface area (Å²) in [6.07, 6.45) is 1.64. The van der Waals surface area contributed by atoms with Gasteiger partial charge in [0.1, 0.15) is 5.69 Å². The van der Waals surface area contributed by atoms with Crippen molar-refractivity contribution in [1.82, 2.24) is 4.98 Å². The molecule has 2 heterocycles. The fraction of sp³-hybridized carbons (Fsp3) is 0.143. The van der Waals surface area contributed by atoms with Crippen LogP contribution in [-0.4, -0.2) is 17.8 Å². The highest BCUT2D eigenvalue weighted by Gasteiger charge is 2.26. The molecule has 0 atom stereocenters. The van der Waals surface area contributed by atoms with Gasteiger partial charge >= 0.3 is 0 Å². The molecule has 1 aliphatic heterocycles. The van der Waals surface area contributed by atoms with E-state index in [-0.39, 0.29) is 5.78 Å². The average molecular weight is 259 g/mol. The first kappa shape index (κ1) is 11.2. The zero-order valence-electron chi connectivity index (χ0n) is 9.85. The highest BCUT2D eigenvalue weighted by molar-refractivity contribution is 6.36. The zero-order valence-corrected chi connectivity index (χ0v) is 10.6. The Morgan fingerprint density at radius 2 is 2.11 bits per heavy atom. The van der Waals surface area contributed by atoms with Crippen molar-refractivity contribution in [2.45, 2.75) is 6.54 Å². The summed E-state index contributed by atoms with van der Waals surface area (Å²) in [7, 11) is 1.95. The van der Waals surface area contributed by atoms with Gasteiger partial charge < -0.3 is 4.90 Å². The lowest BCUT2D eigenvalue weighted by Crippen LogP contribution is -2.16. The van der Waals surface area contributed by atoms with Crippen molar-refractivity contribution in [2.24, 2.45) is 0 Å². The normalized spacial score (nSPS) is 13.9. The molecule has 2 aromatic rings. The van der Waals surface area contributed by atoms with Crippen LogP contribution < -0.4 is 4.90 Å². The first-order valence-electron chi connectivity index (χ1n) is 5.66. The van der Waals surface area contributed by atoms with Gasteiger partial charge in [0, 0.05) is 31.0 Å². The van der Waals surface area contributed by atoms with Gasteiger partial charge in [-0.15, -0.1) is 0 Å². The minimum atomic E-state index is -0.101. The van der Waals surface area contributed by atoms with Crippen LogP contribution in [0.25, 0.3) is 0 Å². The van der Waals surface area contributed by atoms with Crippen LogP contribution in [0.1, 0.15) is 21.6 Å². The summed E-state index contributed by atoms with van der Waals surface area (Å²) in [6.45, 7) is 0.655. The number of anilines is 1. The zero-order chi connectivity index (χ0) is 12.7. The first-order valence-corrected chi connectivity index (χ1v) is 6.04. The van der Waals surface area contributed by atoms with Gasteiger partial charge in [-0.1, -0.05) is 23.7 Å². The molecular weight excluding hydrogens is 248 g/mol. The SMILES string of the molecule is CN1Cc2cccnc2C(=O)c2c(Cl)cccc21. The second-order valence-electron chi connectivity index (χ2n) is 4.33. The third-order valence-corrected chi connectivity index (χ3v) is 3.46. The molecule has 1 aliphatic rings. The number of carbonyl (C=O) groups excluding carboxylic acids is 1. The largest absolute Gasteiger partial charge is 0.370 e. The minimum absolute atomic E-state index is 0.101. The second kappa shape index (κ2) is 4.10. The third-order valence-electron chi connectivity index (χ3n) is 3.14. The Morgan fingerprint density at radius 3 is 2.94 bits per heavy atom. The van der Waals surface area contributed by atoms with Crippen LogP contribution in [0.3, 0.4) is 0 Å². The number of hydrogen-bond acceptors (Lipinski definition) is 3. The van der Waals surface area contributed by atoms with Crippen LogP contribution in [0.5, 0.6) is 0 Å². The molecule has 0 unspecified atom stereocenters. The lowest BCUT2D eigenvalue weighted by Gasteiger charge is -2.19. The van der Waals surface area contributed by atoms with E-state index in [9.17, 15) is 4.79 Å². The van der Waals surface area contributed by atoms with Crippen molar-refractivity contribution in [3.63, 3.8) is 0 Å². The Kier molecular flexibility index (Phi) is 2.56. The van der Waals surface area contributed by atoms with E-state index in [1.54, 1.807) is 12.3 Å². The van der Waals surface area contributed by atoms with Crippen LogP contribution in [0.15, 0.2) is 36.5 Å². The summed E-state index contributed by atoms with van der Waals surface area (Å²) in [5.74, 6) is -0.101. The van der Waals surface area contributed by atoms with Gasteiger partial charge in [-0.3, -0.25) is 9.78 Å². The Bertz CT molecular complexity index is 639. The Hall–Kier alpha value is -1.87. The number of ketones is 1. The number of hydrogen-bond donors (Lipinski definition) is 0. The fourth-order valence-electron chi connectivity index (χ4n) is 2.29. The van der Waals surface area contributed by atoms with Crippen molar-refractivity contribution >= 4 is 23.1 Å². The average Bonchev–Trinajstić information content (AvgIpc) is 2.48. The summed E-state index contributed by atoms with van der Waals surface area (Å²) in [5.41, 5.74) is 2.82. The molecule has 1 aromatic carbocycles. The van der Waals surface area contributed by atoms with E-state index in [0.717, 1.165) is 11.3 Å². The van der Waals surface area contributed by atoms with Crippen molar-refractivity contribution in [2.75, 3.05) is 11.9 Å². The van der Waals surface area contributed by atoms with Gasteiger partial charge in [0.05, 0.1) is 10.6 Å². The van der Waals surface area contributed by atoms with Crippen molar-refractivity contribution in [3.05, 3.63) is 58.4 Å². The standard InChI is InChI=1S/C14H11ClN2O/c1-17-8-9-4-3-7-16-13(9)14(18)12-10(15)5-2-6-11(12)17/h2-7H,8H2,1H3. The molecule has 0 amide bonds. The number of halogens is 1. The van der Waals surface area contributed by atoms with Crippen LogP contribution in [-0.2, 0) is 6.54 Å². The van der Waals surface area contributed by atoms with E-state index < -0.39 is 0 Å². The maximum Gasteiger partial charge on any atom is 0.215 e. The molecule has 0 fully saturated rings. The number of pyridine rings is 1. The van der Waals surface area contributed by atoms with Gasteiger partial charge in [0.15, 0.2) is 0 Å².